The first-order valence-corrected chi connectivity index (χ1v) is 5.70. The number of aromatic nitrogens is 1. The van der Waals surface area contributed by atoms with Crippen molar-refractivity contribution in [1.29, 1.82) is 0 Å². The van der Waals surface area contributed by atoms with Gasteiger partial charge in [0.15, 0.2) is 0 Å². The smallest absolute Gasteiger partial charge is 0.315 e. The fraction of sp³-hybridized carbons (Fsp3) is 0.333. The van der Waals surface area contributed by atoms with Gasteiger partial charge in [-0.25, -0.2) is 4.79 Å². The second kappa shape index (κ2) is 4.13. The quantitative estimate of drug-likeness (QED) is 0.705. The largest absolute Gasteiger partial charge is 0.331 e. The first-order valence-electron chi connectivity index (χ1n) is 4.82. The Morgan fingerprint density at radius 3 is 2.65 bits per heavy atom. The van der Waals surface area contributed by atoms with Crippen molar-refractivity contribution in [2.75, 3.05) is 0 Å². The van der Waals surface area contributed by atoms with Crippen molar-refractivity contribution in [3.63, 3.8) is 0 Å². The molecule has 8 heteroatoms. The van der Waals surface area contributed by atoms with Crippen molar-refractivity contribution in [3.05, 3.63) is 20.7 Å². The summed E-state index contributed by atoms with van der Waals surface area (Å²) in [7, 11) is 0. The van der Waals surface area contributed by atoms with E-state index < -0.39 is 23.8 Å². The minimum atomic E-state index is -0.891. The molecule has 0 radical (unpaired) electrons. The van der Waals surface area contributed by atoms with Crippen molar-refractivity contribution in [3.8, 4) is 0 Å². The average Bonchev–Trinajstić information content (AvgIpc) is 2.67. The Labute approximate surface area is 99.4 Å². The van der Waals surface area contributed by atoms with Gasteiger partial charge in [-0.05, 0) is 6.92 Å². The van der Waals surface area contributed by atoms with Gasteiger partial charge in [0, 0.05) is 11.1 Å². The number of aromatic amines is 1. The molecule has 0 spiro atoms. The van der Waals surface area contributed by atoms with Crippen molar-refractivity contribution < 1.29 is 14.4 Å². The maximum atomic E-state index is 11.7. The molecule has 1 aliphatic heterocycles. The Morgan fingerprint density at radius 1 is 1.35 bits per heavy atom. The van der Waals surface area contributed by atoms with E-state index in [9.17, 15) is 19.2 Å². The Hall–Kier alpha value is -1.96. The van der Waals surface area contributed by atoms with Crippen LogP contribution < -0.4 is 10.2 Å². The van der Waals surface area contributed by atoms with Crippen LogP contribution in [0.2, 0.25) is 0 Å². The zero-order valence-electron chi connectivity index (χ0n) is 8.85. The third-order valence-electron chi connectivity index (χ3n) is 2.40. The molecule has 90 valence electrons. The first kappa shape index (κ1) is 11.5. The van der Waals surface area contributed by atoms with E-state index in [1.54, 1.807) is 0 Å². The number of rotatable bonds is 2. The summed E-state index contributed by atoms with van der Waals surface area (Å²) < 4.78 is 0. The summed E-state index contributed by atoms with van der Waals surface area (Å²) in [6, 6.07) is -0.759. The number of carbonyl (C=O) groups excluding carboxylic acids is 3. The van der Waals surface area contributed by atoms with E-state index in [0.29, 0.717) is 5.69 Å². The SMILES string of the molecule is CC1C(=O)NC(=O)N(Cc2csc(=O)[nH]2)C1=O. The molecule has 1 aromatic rings. The highest BCUT2D eigenvalue weighted by Gasteiger charge is 2.37. The minimum Gasteiger partial charge on any atom is -0.315 e. The van der Waals surface area contributed by atoms with Gasteiger partial charge < -0.3 is 4.98 Å². The third kappa shape index (κ3) is 2.11. The molecule has 1 aliphatic rings. The second-order valence-electron chi connectivity index (χ2n) is 3.61. The molecule has 4 amide bonds. The number of thiazole rings is 1. The van der Waals surface area contributed by atoms with E-state index in [0.717, 1.165) is 16.2 Å². The van der Waals surface area contributed by atoms with E-state index in [4.69, 9.17) is 0 Å². The van der Waals surface area contributed by atoms with E-state index in [-0.39, 0.29) is 11.4 Å². The molecule has 1 atom stereocenters. The van der Waals surface area contributed by atoms with Gasteiger partial charge in [0.05, 0.1) is 6.54 Å². The number of amides is 4. The predicted molar refractivity (Wildman–Crippen MR) is 58.2 cm³/mol. The summed E-state index contributed by atoms with van der Waals surface area (Å²) in [6.07, 6.45) is 0. The number of H-pyrrole nitrogens is 1. The molecule has 17 heavy (non-hydrogen) atoms. The Balaban J connectivity index is 2.20. The minimum absolute atomic E-state index is 0.0406. The van der Waals surface area contributed by atoms with Gasteiger partial charge in [-0.3, -0.25) is 24.6 Å². The third-order valence-corrected chi connectivity index (χ3v) is 3.12. The van der Waals surface area contributed by atoms with Crippen LogP contribution >= 0.6 is 11.3 Å². The maximum absolute atomic E-state index is 11.7. The van der Waals surface area contributed by atoms with Gasteiger partial charge in [0.2, 0.25) is 11.8 Å². The number of nitrogens with one attached hydrogen (secondary N) is 2. The van der Waals surface area contributed by atoms with Crippen LogP contribution in [-0.4, -0.2) is 27.7 Å². The number of nitrogens with zero attached hydrogens (tertiary/aromatic N) is 1. The summed E-state index contributed by atoms with van der Waals surface area (Å²) in [4.78, 5) is 48.4. The van der Waals surface area contributed by atoms with Crippen LogP contribution in [0.15, 0.2) is 10.2 Å². The van der Waals surface area contributed by atoms with E-state index in [1.807, 2.05) is 0 Å². The normalized spacial score (nSPS) is 20.6. The van der Waals surface area contributed by atoms with Gasteiger partial charge in [-0.2, -0.15) is 0 Å². The van der Waals surface area contributed by atoms with Gasteiger partial charge in [-0.15, -0.1) is 0 Å². The highest BCUT2D eigenvalue weighted by atomic mass is 32.1. The fourth-order valence-electron chi connectivity index (χ4n) is 1.44. The molecule has 2 N–H and O–H groups in total. The summed E-state index contributed by atoms with van der Waals surface area (Å²) >= 11 is 0.949. The number of hydrogen-bond donors (Lipinski definition) is 2. The molecule has 7 nitrogen and oxygen atoms in total. The van der Waals surface area contributed by atoms with Crippen molar-refractivity contribution in [1.82, 2.24) is 15.2 Å². The molecule has 1 saturated heterocycles. The molecule has 0 aliphatic carbocycles. The molecule has 1 fully saturated rings. The lowest BCUT2D eigenvalue weighted by Gasteiger charge is -2.27. The van der Waals surface area contributed by atoms with E-state index >= 15 is 0 Å². The van der Waals surface area contributed by atoms with Crippen LogP contribution in [0.5, 0.6) is 0 Å². The van der Waals surface area contributed by atoms with Crippen LogP contribution in [0.25, 0.3) is 0 Å². The molecule has 0 bridgehead atoms. The van der Waals surface area contributed by atoms with E-state index in [2.05, 4.69) is 10.3 Å². The molecule has 1 aromatic heterocycles. The molecular weight excluding hydrogens is 246 g/mol. The predicted octanol–water partition coefficient (Wildman–Crippen LogP) is -0.349. The van der Waals surface area contributed by atoms with Gasteiger partial charge in [-0.1, -0.05) is 11.3 Å². The number of carbonyl (C=O) groups is 3. The summed E-state index contributed by atoms with van der Waals surface area (Å²) in [5, 5.41) is 3.61. The van der Waals surface area contributed by atoms with E-state index in [1.165, 1.54) is 12.3 Å². The molecular formula is C9H9N3O4S. The van der Waals surface area contributed by atoms with Crippen molar-refractivity contribution >= 4 is 29.2 Å². The van der Waals surface area contributed by atoms with Gasteiger partial charge >= 0.3 is 10.9 Å². The zero-order chi connectivity index (χ0) is 12.6. The van der Waals surface area contributed by atoms with Crippen LogP contribution in [0.4, 0.5) is 4.79 Å². The lowest BCUT2D eigenvalue weighted by Crippen LogP contribution is -2.56. The molecule has 2 rings (SSSR count). The number of hydrogen-bond acceptors (Lipinski definition) is 5. The topological polar surface area (TPSA) is 99.3 Å². The molecule has 1 unspecified atom stereocenters. The number of imide groups is 2. The Morgan fingerprint density at radius 2 is 2.06 bits per heavy atom. The van der Waals surface area contributed by atoms with Crippen LogP contribution in [0.1, 0.15) is 12.6 Å². The average molecular weight is 255 g/mol. The van der Waals surface area contributed by atoms with Gasteiger partial charge in [0.25, 0.3) is 0 Å². The van der Waals surface area contributed by atoms with Crippen LogP contribution in [-0.2, 0) is 16.1 Å². The lowest BCUT2D eigenvalue weighted by atomic mass is 10.1. The summed E-state index contributed by atoms with van der Waals surface area (Å²) in [5.74, 6) is -2.06. The molecule has 2 heterocycles. The van der Waals surface area contributed by atoms with Gasteiger partial charge in [0.1, 0.15) is 5.92 Å². The number of barbiturate groups is 1. The van der Waals surface area contributed by atoms with Crippen molar-refractivity contribution in [2.24, 2.45) is 5.92 Å². The Bertz CT molecular complexity index is 546. The highest BCUT2D eigenvalue weighted by molar-refractivity contribution is 7.07. The summed E-state index contributed by atoms with van der Waals surface area (Å²) in [6.45, 7) is 1.38. The zero-order valence-corrected chi connectivity index (χ0v) is 9.67. The molecule has 0 aromatic carbocycles. The Kier molecular flexibility index (Phi) is 2.80. The monoisotopic (exact) mass is 255 g/mol. The first-order chi connectivity index (χ1) is 7.99. The maximum Gasteiger partial charge on any atom is 0.331 e. The highest BCUT2D eigenvalue weighted by Crippen LogP contribution is 2.12. The molecule has 0 saturated carbocycles. The van der Waals surface area contributed by atoms with Crippen LogP contribution in [0.3, 0.4) is 0 Å². The standard InChI is InChI=1S/C9H9N3O4S/c1-4-6(13)11-8(15)12(7(4)14)2-5-3-17-9(16)10-5/h3-4H,2H2,1H3,(H,10,16)(H,11,13,15). The van der Waals surface area contributed by atoms with Crippen LogP contribution in [0, 0.1) is 5.92 Å². The second-order valence-corrected chi connectivity index (χ2v) is 4.46. The number of urea groups is 1. The van der Waals surface area contributed by atoms with Crippen molar-refractivity contribution in [2.45, 2.75) is 13.5 Å². The fourth-order valence-corrected chi connectivity index (χ4v) is 2.01. The lowest BCUT2D eigenvalue weighted by molar-refractivity contribution is -0.142. The summed E-state index contributed by atoms with van der Waals surface area (Å²) in [5.41, 5.74) is 0.463.